The topological polar surface area (TPSA) is 58.4 Å². The maximum absolute atomic E-state index is 14.0. The van der Waals surface area contributed by atoms with Crippen LogP contribution in [0.2, 0.25) is 0 Å². The van der Waals surface area contributed by atoms with Crippen LogP contribution >= 0.6 is 0 Å². The maximum atomic E-state index is 14.0. The van der Waals surface area contributed by atoms with Crippen molar-refractivity contribution >= 4 is 11.8 Å². The Morgan fingerprint density at radius 1 is 1.10 bits per heavy atom. The van der Waals surface area contributed by atoms with E-state index in [4.69, 9.17) is 0 Å². The van der Waals surface area contributed by atoms with Gasteiger partial charge in [0.2, 0.25) is 5.91 Å². The number of carbonyl (C=O) groups excluding carboxylic acids is 2. The number of benzene rings is 1. The fraction of sp³-hybridized carbons (Fsp3) is 0.476. The first kappa shape index (κ1) is 19.5. The third-order valence-corrected chi connectivity index (χ3v) is 5.81. The van der Waals surface area contributed by atoms with E-state index < -0.39 is 17.5 Å². The highest BCUT2D eigenvalue weighted by Crippen LogP contribution is 2.25. The average molecular weight is 402 g/mol. The SMILES string of the molecule is Cn1nc(CCC(=O)N2CCCC2)c2c1CCN(C(=O)c1ccc(F)cc1F)C2. The molecule has 6 nitrogen and oxygen atoms in total. The summed E-state index contributed by atoms with van der Waals surface area (Å²) in [6.45, 7) is 2.40. The molecule has 0 spiro atoms. The Labute approximate surface area is 168 Å². The predicted molar refractivity (Wildman–Crippen MR) is 102 cm³/mol. The second kappa shape index (κ2) is 7.93. The van der Waals surface area contributed by atoms with E-state index in [0.29, 0.717) is 32.4 Å². The number of aryl methyl sites for hydroxylation is 2. The third kappa shape index (κ3) is 3.88. The van der Waals surface area contributed by atoms with Gasteiger partial charge >= 0.3 is 0 Å². The molecule has 2 amide bonds. The highest BCUT2D eigenvalue weighted by Gasteiger charge is 2.29. The van der Waals surface area contributed by atoms with Crippen molar-refractivity contribution in [1.29, 1.82) is 0 Å². The van der Waals surface area contributed by atoms with Crippen molar-refractivity contribution < 1.29 is 18.4 Å². The molecule has 2 aromatic rings. The molecule has 3 heterocycles. The molecule has 0 N–H and O–H groups in total. The number of hydrogen-bond acceptors (Lipinski definition) is 3. The summed E-state index contributed by atoms with van der Waals surface area (Å²) in [6.07, 6.45) is 3.63. The van der Waals surface area contributed by atoms with E-state index in [1.807, 2.05) is 16.6 Å². The lowest BCUT2D eigenvalue weighted by Crippen LogP contribution is -2.37. The zero-order valence-electron chi connectivity index (χ0n) is 16.5. The highest BCUT2D eigenvalue weighted by molar-refractivity contribution is 5.94. The lowest BCUT2D eigenvalue weighted by molar-refractivity contribution is -0.130. The number of nitrogens with zero attached hydrogens (tertiary/aromatic N) is 4. The van der Waals surface area contributed by atoms with E-state index in [-0.39, 0.29) is 11.5 Å². The van der Waals surface area contributed by atoms with Crippen LogP contribution in [0.25, 0.3) is 0 Å². The van der Waals surface area contributed by atoms with E-state index in [9.17, 15) is 18.4 Å². The van der Waals surface area contributed by atoms with Gasteiger partial charge in [-0.15, -0.1) is 0 Å². The zero-order valence-corrected chi connectivity index (χ0v) is 16.5. The van der Waals surface area contributed by atoms with Crippen molar-refractivity contribution in [2.45, 2.75) is 38.6 Å². The van der Waals surface area contributed by atoms with Crippen molar-refractivity contribution in [3.63, 3.8) is 0 Å². The van der Waals surface area contributed by atoms with Gasteiger partial charge in [0.15, 0.2) is 0 Å². The Morgan fingerprint density at radius 3 is 2.59 bits per heavy atom. The number of likely N-dealkylation sites (tertiary alicyclic amines) is 1. The predicted octanol–water partition coefficient (Wildman–Crippen LogP) is 2.45. The number of hydrogen-bond donors (Lipinski definition) is 0. The van der Waals surface area contributed by atoms with Crippen LogP contribution in [-0.4, -0.2) is 51.0 Å². The van der Waals surface area contributed by atoms with Gasteiger partial charge in [0.25, 0.3) is 5.91 Å². The van der Waals surface area contributed by atoms with Crippen LogP contribution < -0.4 is 0 Å². The van der Waals surface area contributed by atoms with Crippen molar-refractivity contribution in [3.05, 3.63) is 52.3 Å². The number of aromatic nitrogens is 2. The summed E-state index contributed by atoms with van der Waals surface area (Å²) in [5, 5.41) is 4.57. The summed E-state index contributed by atoms with van der Waals surface area (Å²) >= 11 is 0. The molecular weight excluding hydrogens is 378 g/mol. The monoisotopic (exact) mass is 402 g/mol. The molecule has 0 atom stereocenters. The second-order valence-corrected chi connectivity index (χ2v) is 7.68. The number of amides is 2. The fourth-order valence-corrected chi connectivity index (χ4v) is 4.23. The first-order chi connectivity index (χ1) is 13.9. The summed E-state index contributed by atoms with van der Waals surface area (Å²) < 4.78 is 29.0. The first-order valence-electron chi connectivity index (χ1n) is 10.00. The van der Waals surface area contributed by atoms with Crippen LogP contribution in [0.4, 0.5) is 8.78 Å². The van der Waals surface area contributed by atoms with Gasteiger partial charge in [-0.2, -0.15) is 5.10 Å². The Hall–Kier alpha value is -2.77. The number of rotatable bonds is 4. The number of halogens is 2. The van der Waals surface area contributed by atoms with Crippen molar-refractivity contribution in [1.82, 2.24) is 19.6 Å². The summed E-state index contributed by atoms with van der Waals surface area (Å²) in [5.41, 5.74) is 2.65. The van der Waals surface area contributed by atoms with E-state index >= 15 is 0 Å². The first-order valence-corrected chi connectivity index (χ1v) is 10.00. The molecule has 0 bridgehead atoms. The molecule has 2 aliphatic rings. The largest absolute Gasteiger partial charge is 0.343 e. The lowest BCUT2D eigenvalue weighted by Gasteiger charge is -2.28. The molecule has 1 saturated heterocycles. The molecule has 29 heavy (non-hydrogen) atoms. The molecule has 0 aliphatic carbocycles. The van der Waals surface area contributed by atoms with Gasteiger partial charge in [-0.3, -0.25) is 14.3 Å². The fourth-order valence-electron chi connectivity index (χ4n) is 4.23. The quantitative estimate of drug-likeness (QED) is 0.790. The summed E-state index contributed by atoms with van der Waals surface area (Å²) in [4.78, 5) is 28.6. The highest BCUT2D eigenvalue weighted by atomic mass is 19.1. The Morgan fingerprint density at radius 2 is 1.86 bits per heavy atom. The van der Waals surface area contributed by atoms with Gasteiger partial charge in [0.1, 0.15) is 11.6 Å². The van der Waals surface area contributed by atoms with Crippen LogP contribution in [0.5, 0.6) is 0 Å². The van der Waals surface area contributed by atoms with Crippen molar-refractivity contribution in [2.75, 3.05) is 19.6 Å². The van der Waals surface area contributed by atoms with Crippen molar-refractivity contribution in [3.8, 4) is 0 Å². The van der Waals surface area contributed by atoms with E-state index in [0.717, 1.165) is 55.0 Å². The molecule has 4 rings (SSSR count). The van der Waals surface area contributed by atoms with Crippen LogP contribution in [0.15, 0.2) is 18.2 Å². The van der Waals surface area contributed by atoms with Crippen LogP contribution in [-0.2, 0) is 31.2 Å². The Bertz CT molecular complexity index is 950. The van der Waals surface area contributed by atoms with Gasteiger partial charge in [-0.05, 0) is 25.0 Å². The molecule has 0 radical (unpaired) electrons. The lowest BCUT2D eigenvalue weighted by atomic mass is 10.0. The minimum Gasteiger partial charge on any atom is -0.343 e. The van der Waals surface area contributed by atoms with Crippen LogP contribution in [0, 0.1) is 11.6 Å². The zero-order chi connectivity index (χ0) is 20.5. The van der Waals surface area contributed by atoms with Gasteiger partial charge < -0.3 is 9.80 Å². The molecule has 1 fully saturated rings. The average Bonchev–Trinajstić information content (AvgIpc) is 3.34. The minimum atomic E-state index is -0.858. The molecular formula is C21H24F2N4O2. The van der Waals surface area contributed by atoms with E-state index in [2.05, 4.69) is 5.10 Å². The Kier molecular flexibility index (Phi) is 5.34. The molecule has 8 heteroatoms. The number of fused-ring (bicyclic) bond motifs is 1. The summed E-state index contributed by atoms with van der Waals surface area (Å²) in [7, 11) is 1.86. The van der Waals surface area contributed by atoms with Gasteiger partial charge in [0, 0.05) is 69.8 Å². The van der Waals surface area contributed by atoms with Gasteiger partial charge in [-0.25, -0.2) is 8.78 Å². The molecule has 0 unspecified atom stereocenters. The van der Waals surface area contributed by atoms with Gasteiger partial charge in [0.05, 0.1) is 11.3 Å². The third-order valence-electron chi connectivity index (χ3n) is 5.81. The Balaban J connectivity index is 1.49. The van der Waals surface area contributed by atoms with Crippen LogP contribution in [0.3, 0.4) is 0 Å². The maximum Gasteiger partial charge on any atom is 0.257 e. The molecule has 2 aliphatic heterocycles. The standard InChI is InChI=1S/C21H24F2N4O2/c1-25-19-8-11-27(21(29)15-5-4-14(22)12-17(15)23)13-16(19)18(24-25)6-7-20(28)26-9-2-3-10-26/h4-5,12H,2-3,6-11,13H2,1H3. The van der Waals surface area contributed by atoms with Crippen LogP contribution in [0.1, 0.15) is 46.6 Å². The smallest absolute Gasteiger partial charge is 0.257 e. The normalized spacial score (nSPS) is 16.2. The van der Waals surface area contributed by atoms with Crippen molar-refractivity contribution in [2.24, 2.45) is 7.05 Å². The second-order valence-electron chi connectivity index (χ2n) is 7.68. The molecule has 1 aromatic heterocycles. The van der Waals surface area contributed by atoms with Gasteiger partial charge in [-0.1, -0.05) is 0 Å². The minimum absolute atomic E-state index is 0.135. The number of carbonyl (C=O) groups is 2. The van der Waals surface area contributed by atoms with E-state index in [1.54, 1.807) is 4.90 Å². The molecule has 1 aromatic carbocycles. The summed E-state index contributed by atoms with van der Waals surface area (Å²) in [6, 6.07) is 2.99. The van der Waals surface area contributed by atoms with E-state index in [1.165, 1.54) is 6.07 Å². The summed E-state index contributed by atoms with van der Waals surface area (Å²) in [5.74, 6) is -1.89. The molecule has 154 valence electrons. The molecule has 0 saturated carbocycles.